The molecule has 0 aromatic carbocycles. The van der Waals surface area contributed by atoms with Crippen LogP contribution in [0.25, 0.3) is 0 Å². The summed E-state index contributed by atoms with van der Waals surface area (Å²) in [5.41, 5.74) is 6.56. The minimum absolute atomic E-state index is 0.159. The molecule has 2 rings (SSSR count). The van der Waals surface area contributed by atoms with Crippen LogP contribution in [-0.4, -0.2) is 31.5 Å². The molecule has 0 bridgehead atoms. The summed E-state index contributed by atoms with van der Waals surface area (Å²) >= 11 is 0. The lowest BCUT2D eigenvalue weighted by atomic mass is 9.72. The molecule has 2 unspecified atom stereocenters. The van der Waals surface area contributed by atoms with Crippen LogP contribution >= 0.6 is 0 Å². The summed E-state index contributed by atoms with van der Waals surface area (Å²) in [7, 11) is 1.75. The van der Waals surface area contributed by atoms with Crippen LogP contribution in [0.4, 0.5) is 0 Å². The largest absolute Gasteiger partial charge is 0.383 e. The van der Waals surface area contributed by atoms with E-state index >= 15 is 0 Å². The number of hydrogen-bond acceptors (Lipinski definition) is 3. The molecule has 2 fully saturated rings. The maximum atomic E-state index is 6.55. The highest BCUT2D eigenvalue weighted by Gasteiger charge is 2.45. The lowest BCUT2D eigenvalue weighted by Gasteiger charge is -2.45. The van der Waals surface area contributed by atoms with Crippen LogP contribution in [0.2, 0.25) is 0 Å². The van der Waals surface area contributed by atoms with Crippen LogP contribution in [0.15, 0.2) is 0 Å². The lowest BCUT2D eigenvalue weighted by Crippen LogP contribution is -2.55. The maximum absolute atomic E-state index is 6.55. The Morgan fingerprint density at radius 1 is 1.41 bits per heavy atom. The van der Waals surface area contributed by atoms with Crippen LogP contribution in [0.1, 0.15) is 51.9 Å². The van der Waals surface area contributed by atoms with E-state index in [0.29, 0.717) is 12.5 Å². The van der Waals surface area contributed by atoms with Gasteiger partial charge in [-0.3, -0.25) is 0 Å². The molecule has 1 saturated heterocycles. The molecule has 1 heterocycles. The molecule has 0 aromatic heterocycles. The third kappa shape index (κ3) is 2.67. The number of ether oxygens (including phenoxy) is 2. The van der Waals surface area contributed by atoms with Crippen molar-refractivity contribution in [1.82, 2.24) is 0 Å². The van der Waals surface area contributed by atoms with Gasteiger partial charge in [-0.05, 0) is 38.0 Å². The first kappa shape index (κ1) is 13.3. The zero-order valence-corrected chi connectivity index (χ0v) is 11.3. The van der Waals surface area contributed by atoms with Crippen molar-refractivity contribution in [3.05, 3.63) is 0 Å². The normalized spacial score (nSPS) is 31.6. The Bertz CT molecular complexity index is 251. The van der Waals surface area contributed by atoms with Crippen molar-refractivity contribution in [3.8, 4) is 0 Å². The van der Waals surface area contributed by atoms with Gasteiger partial charge in [-0.25, -0.2) is 0 Å². The monoisotopic (exact) mass is 241 g/mol. The van der Waals surface area contributed by atoms with E-state index in [4.69, 9.17) is 15.2 Å². The van der Waals surface area contributed by atoms with Crippen molar-refractivity contribution in [2.45, 2.75) is 63.0 Å². The zero-order chi connectivity index (χ0) is 12.4. The second-order valence-corrected chi connectivity index (χ2v) is 5.95. The van der Waals surface area contributed by atoms with Crippen molar-refractivity contribution in [1.29, 1.82) is 0 Å². The van der Waals surface area contributed by atoms with Crippen LogP contribution < -0.4 is 5.73 Å². The Labute approximate surface area is 105 Å². The molecule has 17 heavy (non-hydrogen) atoms. The van der Waals surface area contributed by atoms with E-state index in [1.165, 1.54) is 25.7 Å². The molecule has 2 aliphatic rings. The summed E-state index contributed by atoms with van der Waals surface area (Å²) in [4.78, 5) is 0. The van der Waals surface area contributed by atoms with Gasteiger partial charge in [0.15, 0.2) is 0 Å². The van der Waals surface area contributed by atoms with Crippen molar-refractivity contribution in [2.24, 2.45) is 11.7 Å². The Morgan fingerprint density at radius 2 is 2.12 bits per heavy atom. The Balaban J connectivity index is 2.05. The first-order chi connectivity index (χ1) is 8.14. The van der Waals surface area contributed by atoms with Gasteiger partial charge in [0, 0.05) is 19.3 Å². The molecule has 0 amide bonds. The highest BCUT2D eigenvalue weighted by Crippen LogP contribution is 2.44. The third-order valence-electron chi connectivity index (χ3n) is 4.89. The molecule has 1 aliphatic carbocycles. The number of methoxy groups -OCH3 is 1. The molecule has 1 spiro atoms. The van der Waals surface area contributed by atoms with E-state index in [2.05, 4.69) is 6.92 Å². The Hall–Kier alpha value is -0.120. The van der Waals surface area contributed by atoms with Crippen LogP contribution in [-0.2, 0) is 9.47 Å². The maximum Gasteiger partial charge on any atom is 0.0686 e. The highest BCUT2D eigenvalue weighted by molar-refractivity contribution is 4.99. The van der Waals surface area contributed by atoms with E-state index in [9.17, 15) is 0 Å². The molecule has 2 N–H and O–H groups in total. The predicted molar refractivity (Wildman–Crippen MR) is 69.0 cm³/mol. The molecular weight excluding hydrogens is 214 g/mol. The summed E-state index contributed by atoms with van der Waals surface area (Å²) in [6, 6.07) is 0. The van der Waals surface area contributed by atoms with Gasteiger partial charge < -0.3 is 15.2 Å². The molecular formula is C14H27NO2. The Morgan fingerprint density at radius 3 is 2.71 bits per heavy atom. The number of hydrogen-bond donors (Lipinski definition) is 1. The minimum atomic E-state index is -0.159. The van der Waals surface area contributed by atoms with Gasteiger partial charge in [0.2, 0.25) is 0 Å². The molecule has 100 valence electrons. The van der Waals surface area contributed by atoms with Crippen molar-refractivity contribution < 1.29 is 9.47 Å². The predicted octanol–water partition coefficient (Wildman–Crippen LogP) is 2.48. The van der Waals surface area contributed by atoms with Crippen LogP contribution in [0.3, 0.4) is 0 Å². The smallest absolute Gasteiger partial charge is 0.0686 e. The van der Waals surface area contributed by atoms with E-state index in [0.717, 1.165) is 25.9 Å². The molecule has 0 aromatic rings. The summed E-state index contributed by atoms with van der Waals surface area (Å²) in [6.07, 6.45) is 8.33. The fourth-order valence-corrected chi connectivity index (χ4v) is 3.66. The SMILES string of the molecule is CCC(N)(COC)C1CCOC2(CCCC2)C1. The summed E-state index contributed by atoms with van der Waals surface area (Å²) in [6.45, 7) is 3.73. The summed E-state index contributed by atoms with van der Waals surface area (Å²) in [5.74, 6) is 0.555. The number of nitrogens with two attached hydrogens (primary N) is 1. The quantitative estimate of drug-likeness (QED) is 0.822. The highest BCUT2D eigenvalue weighted by atomic mass is 16.5. The van der Waals surface area contributed by atoms with Gasteiger partial charge in [-0.2, -0.15) is 0 Å². The summed E-state index contributed by atoms with van der Waals surface area (Å²) < 4.78 is 11.4. The first-order valence-corrected chi connectivity index (χ1v) is 7.06. The van der Waals surface area contributed by atoms with Crippen molar-refractivity contribution >= 4 is 0 Å². The van der Waals surface area contributed by atoms with Crippen molar-refractivity contribution in [3.63, 3.8) is 0 Å². The van der Waals surface area contributed by atoms with Crippen LogP contribution in [0.5, 0.6) is 0 Å². The Kier molecular flexibility index (Phi) is 4.11. The fourth-order valence-electron chi connectivity index (χ4n) is 3.66. The van der Waals surface area contributed by atoms with Gasteiger partial charge in [-0.1, -0.05) is 19.8 Å². The average Bonchev–Trinajstić information content (AvgIpc) is 2.77. The van der Waals surface area contributed by atoms with Crippen molar-refractivity contribution in [2.75, 3.05) is 20.3 Å². The van der Waals surface area contributed by atoms with Gasteiger partial charge in [-0.15, -0.1) is 0 Å². The number of rotatable bonds is 4. The fraction of sp³-hybridized carbons (Fsp3) is 1.00. The topological polar surface area (TPSA) is 44.5 Å². The van der Waals surface area contributed by atoms with Gasteiger partial charge in [0.1, 0.15) is 0 Å². The summed E-state index contributed by atoms with van der Waals surface area (Å²) in [5, 5.41) is 0. The van der Waals surface area contributed by atoms with E-state index in [1.54, 1.807) is 7.11 Å². The van der Waals surface area contributed by atoms with E-state index in [-0.39, 0.29) is 11.1 Å². The second-order valence-electron chi connectivity index (χ2n) is 5.95. The van der Waals surface area contributed by atoms with E-state index < -0.39 is 0 Å². The molecule has 3 nitrogen and oxygen atoms in total. The third-order valence-corrected chi connectivity index (χ3v) is 4.89. The lowest BCUT2D eigenvalue weighted by molar-refractivity contribution is -0.110. The molecule has 1 saturated carbocycles. The zero-order valence-electron chi connectivity index (χ0n) is 11.3. The average molecular weight is 241 g/mol. The van der Waals surface area contributed by atoms with Crippen LogP contribution in [0, 0.1) is 5.92 Å². The molecule has 3 heteroatoms. The first-order valence-electron chi connectivity index (χ1n) is 7.06. The van der Waals surface area contributed by atoms with Gasteiger partial charge in [0.25, 0.3) is 0 Å². The molecule has 2 atom stereocenters. The molecule has 1 aliphatic heterocycles. The minimum Gasteiger partial charge on any atom is -0.383 e. The molecule has 0 radical (unpaired) electrons. The van der Waals surface area contributed by atoms with Gasteiger partial charge >= 0.3 is 0 Å². The second kappa shape index (κ2) is 5.25. The van der Waals surface area contributed by atoms with Gasteiger partial charge in [0.05, 0.1) is 12.2 Å². The van der Waals surface area contributed by atoms with E-state index in [1.807, 2.05) is 0 Å². The standard InChI is InChI=1S/C14H27NO2/c1-3-14(15,11-16-2)12-6-9-17-13(10-12)7-4-5-8-13/h12H,3-11,15H2,1-2H3.